The van der Waals surface area contributed by atoms with Crippen LogP contribution < -0.4 is 15.6 Å². The van der Waals surface area contributed by atoms with Gasteiger partial charge < -0.3 is 14.2 Å². The summed E-state index contributed by atoms with van der Waals surface area (Å²) >= 11 is 6.32. The summed E-state index contributed by atoms with van der Waals surface area (Å²) < 4.78 is 33.5. The van der Waals surface area contributed by atoms with Gasteiger partial charge in [-0.3, -0.25) is 19.5 Å². The lowest BCUT2D eigenvalue weighted by Gasteiger charge is -2.21. The number of carbonyl (C=O) groups excluding carboxylic acids is 3. The molecular weight excluding hydrogens is 673 g/mol. The summed E-state index contributed by atoms with van der Waals surface area (Å²) in [6.45, 7) is 4.12. The first-order valence-corrected chi connectivity index (χ1v) is 15.4. The fourth-order valence-corrected chi connectivity index (χ4v) is 5.08. The predicted molar refractivity (Wildman–Crippen MR) is 179 cm³/mol. The molecule has 0 spiro atoms. The molecule has 1 unspecified atom stereocenters. The van der Waals surface area contributed by atoms with Crippen molar-refractivity contribution < 1.29 is 33.0 Å². The maximum Gasteiger partial charge on any atom is 0.413 e. The molecular formula is C34H31ClFN7O7. The number of benzene rings is 2. The number of carbonyl (C=O) groups is 3. The molecule has 1 N–H and O–H groups in total. The van der Waals surface area contributed by atoms with E-state index in [2.05, 4.69) is 25.8 Å². The molecule has 5 aromatic rings. The molecule has 2 aromatic carbocycles. The SMILES string of the molecule is COc1cn(C(Cc2ccccc2)C(=O)OCC(=O)c2ccc(NC(=O)OC(C)(C)C)nc2F)c(=O)cc1-c1cc(Cl)ccc1-n1cnnn1. The van der Waals surface area contributed by atoms with E-state index in [1.54, 1.807) is 69.3 Å². The summed E-state index contributed by atoms with van der Waals surface area (Å²) in [5.41, 5.74) is 0.137. The van der Waals surface area contributed by atoms with Gasteiger partial charge in [-0.15, -0.1) is 5.10 Å². The van der Waals surface area contributed by atoms with Crippen molar-refractivity contribution in [1.29, 1.82) is 0 Å². The first-order chi connectivity index (χ1) is 23.8. The smallest absolute Gasteiger partial charge is 0.413 e. The Hall–Kier alpha value is -5.96. The van der Waals surface area contributed by atoms with Gasteiger partial charge in [0.15, 0.2) is 6.61 Å². The van der Waals surface area contributed by atoms with Gasteiger partial charge in [-0.1, -0.05) is 41.9 Å². The van der Waals surface area contributed by atoms with Crippen LogP contribution in [0.3, 0.4) is 0 Å². The Labute approximate surface area is 289 Å². The minimum atomic E-state index is -1.26. The van der Waals surface area contributed by atoms with E-state index in [9.17, 15) is 23.6 Å². The molecule has 14 nitrogen and oxygen atoms in total. The van der Waals surface area contributed by atoms with E-state index in [1.807, 2.05) is 0 Å². The number of anilines is 1. The Morgan fingerprint density at radius 1 is 1.02 bits per heavy atom. The normalized spacial score (nSPS) is 11.8. The molecule has 0 aliphatic heterocycles. The van der Waals surface area contributed by atoms with Crippen molar-refractivity contribution >= 4 is 35.3 Å². The van der Waals surface area contributed by atoms with Crippen molar-refractivity contribution in [1.82, 2.24) is 29.8 Å². The summed E-state index contributed by atoms with van der Waals surface area (Å²) in [5, 5.41) is 13.9. The number of esters is 1. The van der Waals surface area contributed by atoms with Crippen molar-refractivity contribution in [3.63, 3.8) is 0 Å². The topological polar surface area (TPSA) is 169 Å². The van der Waals surface area contributed by atoms with Crippen LogP contribution in [0, 0.1) is 5.95 Å². The predicted octanol–water partition coefficient (Wildman–Crippen LogP) is 5.24. The lowest BCUT2D eigenvalue weighted by Crippen LogP contribution is -2.33. The highest BCUT2D eigenvalue weighted by Crippen LogP contribution is 2.35. The third kappa shape index (κ3) is 8.54. The molecule has 1 amide bonds. The van der Waals surface area contributed by atoms with Crippen LogP contribution in [0.2, 0.25) is 5.02 Å². The number of aromatic nitrogens is 6. The Bertz CT molecular complexity index is 2080. The Kier molecular flexibility index (Phi) is 10.7. The number of amides is 1. The fraction of sp³-hybridized carbons (Fsp3) is 0.235. The standard InChI is InChI=1S/C34H31ClFN7O7/c1-34(2,3)50-33(47)39-29-13-11-22(31(36)38-29)27(44)18-49-32(46)26(14-20-8-6-5-7-9-20)42-17-28(48-4)24(16-30(42)45)23-15-21(35)10-12-25(23)43-19-37-40-41-43/h5-13,15-17,19,26H,14,18H2,1-4H3,(H,38,39,47). The molecule has 258 valence electrons. The Morgan fingerprint density at radius 2 is 1.78 bits per heavy atom. The average molecular weight is 704 g/mol. The van der Waals surface area contributed by atoms with Crippen LogP contribution in [0.4, 0.5) is 15.0 Å². The number of tetrazole rings is 1. The van der Waals surface area contributed by atoms with E-state index in [0.717, 1.165) is 10.6 Å². The van der Waals surface area contributed by atoms with Crippen LogP contribution in [-0.2, 0) is 20.7 Å². The molecule has 50 heavy (non-hydrogen) atoms. The van der Waals surface area contributed by atoms with Gasteiger partial charge in [0.2, 0.25) is 11.7 Å². The van der Waals surface area contributed by atoms with Crippen molar-refractivity contribution in [3.8, 4) is 22.6 Å². The number of nitrogens with one attached hydrogen (secondary N) is 1. The molecule has 3 aromatic heterocycles. The van der Waals surface area contributed by atoms with Crippen molar-refractivity contribution in [2.45, 2.75) is 38.8 Å². The molecule has 0 radical (unpaired) electrons. The second-order valence-corrected chi connectivity index (χ2v) is 12.3. The summed E-state index contributed by atoms with van der Waals surface area (Å²) in [7, 11) is 1.40. The van der Waals surface area contributed by atoms with E-state index < -0.39 is 53.2 Å². The van der Waals surface area contributed by atoms with Gasteiger partial charge in [-0.05, 0) is 67.1 Å². The zero-order chi connectivity index (χ0) is 36.0. The minimum absolute atomic E-state index is 0.00423. The number of hydrogen-bond acceptors (Lipinski definition) is 11. The second-order valence-electron chi connectivity index (χ2n) is 11.8. The summed E-state index contributed by atoms with van der Waals surface area (Å²) in [4.78, 5) is 55.9. The lowest BCUT2D eigenvalue weighted by atomic mass is 10.0. The Balaban J connectivity index is 1.42. The van der Waals surface area contributed by atoms with Gasteiger partial charge in [0.1, 0.15) is 29.5 Å². The number of ether oxygens (including phenoxy) is 3. The average Bonchev–Trinajstić information content (AvgIpc) is 3.61. The van der Waals surface area contributed by atoms with Crippen molar-refractivity contribution in [2.24, 2.45) is 0 Å². The molecule has 0 bridgehead atoms. The van der Waals surface area contributed by atoms with Crippen LogP contribution >= 0.6 is 11.6 Å². The highest BCUT2D eigenvalue weighted by molar-refractivity contribution is 6.31. The van der Waals surface area contributed by atoms with Crippen LogP contribution in [0.15, 0.2) is 84.0 Å². The van der Waals surface area contributed by atoms with Crippen LogP contribution in [0.25, 0.3) is 16.8 Å². The molecule has 0 saturated heterocycles. The monoisotopic (exact) mass is 703 g/mol. The molecule has 0 aliphatic rings. The Morgan fingerprint density at radius 3 is 2.44 bits per heavy atom. The van der Waals surface area contributed by atoms with Crippen LogP contribution in [0.5, 0.6) is 5.75 Å². The largest absolute Gasteiger partial charge is 0.495 e. The van der Waals surface area contributed by atoms with Gasteiger partial charge in [0.05, 0.1) is 24.6 Å². The van der Waals surface area contributed by atoms with E-state index in [-0.39, 0.29) is 18.0 Å². The van der Waals surface area contributed by atoms with Gasteiger partial charge in [0.25, 0.3) is 5.56 Å². The van der Waals surface area contributed by atoms with Gasteiger partial charge in [-0.25, -0.2) is 14.6 Å². The number of nitrogens with zero attached hydrogens (tertiary/aromatic N) is 6. The highest BCUT2D eigenvalue weighted by Gasteiger charge is 2.28. The third-order valence-electron chi connectivity index (χ3n) is 7.11. The molecule has 16 heteroatoms. The number of hydrogen-bond donors (Lipinski definition) is 1. The highest BCUT2D eigenvalue weighted by atomic mass is 35.5. The number of halogens is 2. The maximum absolute atomic E-state index is 14.8. The first kappa shape index (κ1) is 35.3. The molecule has 0 aliphatic carbocycles. The zero-order valence-electron chi connectivity index (χ0n) is 27.3. The van der Waals surface area contributed by atoms with Crippen molar-refractivity contribution in [2.75, 3.05) is 19.0 Å². The van der Waals surface area contributed by atoms with Gasteiger partial charge in [-0.2, -0.15) is 9.07 Å². The van der Waals surface area contributed by atoms with E-state index in [0.29, 0.717) is 27.4 Å². The number of methoxy groups -OCH3 is 1. The number of pyridine rings is 2. The number of rotatable bonds is 11. The summed E-state index contributed by atoms with van der Waals surface area (Å²) in [5.74, 6) is -3.02. The molecule has 0 saturated carbocycles. The quantitative estimate of drug-likeness (QED) is 0.108. The summed E-state index contributed by atoms with van der Waals surface area (Å²) in [6, 6.07) is 16.1. The van der Waals surface area contributed by atoms with Gasteiger partial charge >= 0.3 is 12.1 Å². The molecule has 5 rings (SSSR count). The molecule has 0 fully saturated rings. The second kappa shape index (κ2) is 15.1. The number of ketones is 1. The van der Waals surface area contributed by atoms with E-state index >= 15 is 0 Å². The van der Waals surface area contributed by atoms with Crippen LogP contribution in [0.1, 0.15) is 42.7 Å². The molecule has 3 heterocycles. The molecule has 1 atom stereocenters. The first-order valence-electron chi connectivity index (χ1n) is 15.1. The van der Waals surface area contributed by atoms with Gasteiger partial charge in [0, 0.05) is 28.6 Å². The lowest BCUT2D eigenvalue weighted by molar-refractivity contribution is -0.146. The van der Waals surface area contributed by atoms with E-state index in [4.69, 9.17) is 25.8 Å². The maximum atomic E-state index is 14.8. The van der Waals surface area contributed by atoms with E-state index in [1.165, 1.54) is 36.4 Å². The number of Topliss-reactive ketones (excluding diaryl/α,β-unsaturated/α-hetero) is 1. The minimum Gasteiger partial charge on any atom is -0.495 e. The zero-order valence-corrected chi connectivity index (χ0v) is 28.0. The third-order valence-corrected chi connectivity index (χ3v) is 7.35. The van der Waals surface area contributed by atoms with Crippen LogP contribution in [-0.4, -0.2) is 66.9 Å². The van der Waals surface area contributed by atoms with Crippen molar-refractivity contribution in [3.05, 3.63) is 112 Å². The fourth-order valence-electron chi connectivity index (χ4n) is 4.90. The summed E-state index contributed by atoms with van der Waals surface area (Å²) in [6.07, 6.45) is 1.88.